The fourth-order valence-electron chi connectivity index (χ4n) is 3.20. The molecule has 2 heterocycles. The van der Waals surface area contributed by atoms with Gasteiger partial charge in [0.2, 0.25) is 0 Å². The molecule has 2 aromatic rings. The molecule has 1 aliphatic rings. The lowest BCUT2D eigenvalue weighted by Crippen LogP contribution is -2.44. The van der Waals surface area contributed by atoms with Crippen LogP contribution in [0.4, 0.5) is 16.3 Å². The number of rotatable bonds is 6. The molecule has 1 atom stereocenters. The minimum atomic E-state index is -1.13. The quantitative estimate of drug-likeness (QED) is 0.501. The number of carbonyl (C=O) groups excluding carboxylic acids is 1. The largest absolute Gasteiger partial charge is 0.395 e. The van der Waals surface area contributed by atoms with Crippen molar-refractivity contribution in [3.63, 3.8) is 0 Å². The number of hydrogen-bond donors (Lipinski definition) is 4. The molecule has 0 aliphatic carbocycles. The van der Waals surface area contributed by atoms with Gasteiger partial charge in [0.1, 0.15) is 11.4 Å². The maximum Gasteiger partial charge on any atom is 0.332 e. The Morgan fingerprint density at radius 3 is 2.68 bits per heavy atom. The van der Waals surface area contributed by atoms with Crippen molar-refractivity contribution < 1.29 is 19.7 Å². The summed E-state index contributed by atoms with van der Waals surface area (Å²) in [5, 5.41) is 22.0. The van der Waals surface area contributed by atoms with Crippen molar-refractivity contribution in [2.24, 2.45) is 0 Å². The van der Waals surface area contributed by atoms with E-state index >= 15 is 0 Å². The number of aromatic nitrogens is 2. The maximum atomic E-state index is 12.0. The van der Waals surface area contributed by atoms with Gasteiger partial charge in [-0.05, 0) is 45.0 Å². The monoisotopic (exact) mass is 447 g/mol. The van der Waals surface area contributed by atoms with E-state index in [0.29, 0.717) is 37.0 Å². The molecule has 2 amide bonds. The van der Waals surface area contributed by atoms with Gasteiger partial charge in [0.05, 0.1) is 37.2 Å². The highest BCUT2D eigenvalue weighted by molar-refractivity contribution is 7.82. The van der Waals surface area contributed by atoms with E-state index in [1.807, 2.05) is 6.07 Å². The first-order valence-corrected chi connectivity index (χ1v) is 10.5. The van der Waals surface area contributed by atoms with Crippen LogP contribution >= 0.6 is 12.8 Å². The molecule has 0 radical (unpaired) electrons. The van der Waals surface area contributed by atoms with Crippen LogP contribution in [0.5, 0.6) is 0 Å². The predicted molar refractivity (Wildman–Crippen MR) is 122 cm³/mol. The number of benzene rings is 1. The summed E-state index contributed by atoms with van der Waals surface area (Å²) < 4.78 is 6.69. The molecule has 10 heteroatoms. The molecule has 0 spiro atoms. The summed E-state index contributed by atoms with van der Waals surface area (Å²) in [5.74, 6) is 1.22. The van der Waals surface area contributed by atoms with Crippen molar-refractivity contribution in [1.29, 1.82) is 0 Å². The first-order chi connectivity index (χ1) is 14.7. The summed E-state index contributed by atoms with van der Waals surface area (Å²) in [4.78, 5) is 23.5. The Kier molecular flexibility index (Phi) is 7.37. The van der Waals surface area contributed by atoms with Crippen molar-refractivity contribution in [1.82, 2.24) is 15.3 Å². The molecule has 3 N–H and O–H groups in total. The van der Waals surface area contributed by atoms with Crippen LogP contribution in [0.2, 0.25) is 0 Å². The van der Waals surface area contributed by atoms with Gasteiger partial charge in [0.25, 0.3) is 0 Å². The Morgan fingerprint density at radius 2 is 2.06 bits per heavy atom. The maximum absolute atomic E-state index is 12.0. The number of morpholine rings is 1. The number of thiol groups is 1. The van der Waals surface area contributed by atoms with Crippen molar-refractivity contribution in [3.05, 3.63) is 36.0 Å². The van der Waals surface area contributed by atoms with Crippen LogP contribution in [0.3, 0.4) is 0 Å². The van der Waals surface area contributed by atoms with Gasteiger partial charge in [-0.15, -0.1) is 0 Å². The van der Waals surface area contributed by atoms with Crippen LogP contribution in [-0.2, 0) is 10.3 Å². The van der Waals surface area contributed by atoms with Crippen molar-refractivity contribution in [2.45, 2.75) is 32.4 Å². The average molecular weight is 448 g/mol. The van der Waals surface area contributed by atoms with Crippen molar-refractivity contribution in [2.75, 3.05) is 42.1 Å². The van der Waals surface area contributed by atoms with E-state index in [2.05, 4.69) is 34.9 Å². The Morgan fingerprint density at radius 1 is 1.35 bits per heavy atom. The zero-order valence-corrected chi connectivity index (χ0v) is 18.8. The normalized spacial score (nSPS) is 16.8. The SMILES string of the molecule is C[C@H]1COCCN1c1cc(C(C)(C)O)nc(-c2ccc(N(S)C(=O)NCCO)cc2)n1. The highest BCUT2D eigenvalue weighted by atomic mass is 32.1. The fourth-order valence-corrected chi connectivity index (χ4v) is 3.40. The van der Waals surface area contributed by atoms with Gasteiger partial charge in [-0.2, -0.15) is 0 Å². The van der Waals surface area contributed by atoms with Gasteiger partial charge in [-0.25, -0.2) is 19.1 Å². The first kappa shape index (κ1) is 23.3. The molecular formula is C21H29N5O4S. The second-order valence-electron chi connectivity index (χ2n) is 7.93. The third kappa shape index (κ3) is 5.65. The minimum Gasteiger partial charge on any atom is -0.395 e. The van der Waals surface area contributed by atoms with Gasteiger partial charge in [0, 0.05) is 24.7 Å². The third-order valence-corrected chi connectivity index (χ3v) is 5.36. The molecule has 168 valence electrons. The number of nitrogens with one attached hydrogen (secondary N) is 1. The van der Waals surface area contributed by atoms with E-state index in [1.165, 1.54) is 0 Å². The predicted octanol–water partition coefficient (Wildman–Crippen LogP) is 1.95. The van der Waals surface area contributed by atoms with E-state index in [0.717, 1.165) is 15.7 Å². The summed E-state index contributed by atoms with van der Waals surface area (Å²) in [5.41, 5.74) is 0.696. The van der Waals surface area contributed by atoms with Gasteiger partial charge >= 0.3 is 6.03 Å². The lowest BCUT2D eigenvalue weighted by Gasteiger charge is -2.35. The molecular weight excluding hydrogens is 418 g/mol. The third-order valence-electron chi connectivity index (χ3n) is 4.95. The molecule has 0 saturated carbocycles. The summed E-state index contributed by atoms with van der Waals surface area (Å²) in [6, 6.07) is 8.61. The topological polar surface area (TPSA) is 111 Å². The lowest BCUT2D eigenvalue weighted by molar-refractivity contribution is 0.0736. The van der Waals surface area contributed by atoms with Crippen LogP contribution in [0.1, 0.15) is 26.5 Å². The molecule has 0 unspecified atom stereocenters. The summed E-state index contributed by atoms with van der Waals surface area (Å²) in [6.45, 7) is 7.40. The standard InChI is InChI=1S/C21H29N5O4S/c1-14-13-30-11-9-25(14)18-12-17(21(2,3)29)23-19(24-18)15-4-6-16(7-5-15)26(31)20(28)22-8-10-27/h4-7,12,14,27,29,31H,8-11,13H2,1-3H3,(H,22,28)/t14-/m0/s1. The van der Waals surface area contributed by atoms with Crippen LogP contribution in [0.25, 0.3) is 11.4 Å². The van der Waals surface area contributed by atoms with Crippen LogP contribution < -0.4 is 14.5 Å². The second-order valence-corrected chi connectivity index (χ2v) is 8.33. The highest BCUT2D eigenvalue weighted by Gasteiger charge is 2.26. The number of nitrogens with zero attached hydrogens (tertiary/aromatic N) is 4. The Labute approximate surface area is 187 Å². The molecule has 3 rings (SSSR count). The van der Waals surface area contributed by atoms with E-state index in [4.69, 9.17) is 14.8 Å². The molecule has 1 fully saturated rings. The number of aliphatic hydroxyl groups excluding tert-OH is 1. The number of hydrogen-bond acceptors (Lipinski definition) is 8. The first-order valence-electron chi connectivity index (χ1n) is 10.1. The number of amides is 2. The lowest BCUT2D eigenvalue weighted by atomic mass is 10.0. The number of anilines is 2. The zero-order chi connectivity index (χ0) is 22.6. The molecule has 9 nitrogen and oxygen atoms in total. The molecule has 1 saturated heterocycles. The zero-order valence-electron chi connectivity index (χ0n) is 17.9. The van der Waals surface area contributed by atoms with E-state index in [1.54, 1.807) is 38.1 Å². The smallest absolute Gasteiger partial charge is 0.332 e. The minimum absolute atomic E-state index is 0.147. The fraction of sp³-hybridized carbons (Fsp3) is 0.476. The molecule has 1 aromatic carbocycles. The van der Waals surface area contributed by atoms with E-state index in [9.17, 15) is 9.90 Å². The van der Waals surface area contributed by atoms with Crippen molar-refractivity contribution >= 4 is 30.4 Å². The number of carbonyl (C=O) groups is 1. The summed E-state index contributed by atoms with van der Waals surface area (Å²) in [7, 11) is 0. The Bertz CT molecular complexity index is 904. The second kappa shape index (κ2) is 9.82. The summed E-state index contributed by atoms with van der Waals surface area (Å²) in [6.07, 6.45) is 0. The van der Waals surface area contributed by atoms with Gasteiger partial charge in [0.15, 0.2) is 5.82 Å². The van der Waals surface area contributed by atoms with Crippen LogP contribution in [0.15, 0.2) is 30.3 Å². The van der Waals surface area contributed by atoms with Gasteiger partial charge in [-0.3, -0.25) is 0 Å². The number of ether oxygens (including phenoxy) is 1. The highest BCUT2D eigenvalue weighted by Crippen LogP contribution is 2.29. The Hall–Kier alpha value is -2.40. The number of urea groups is 1. The van der Waals surface area contributed by atoms with Gasteiger partial charge in [-0.1, -0.05) is 12.8 Å². The molecule has 0 bridgehead atoms. The van der Waals surface area contributed by atoms with Crippen molar-refractivity contribution in [3.8, 4) is 11.4 Å². The Balaban J connectivity index is 1.92. The van der Waals surface area contributed by atoms with E-state index < -0.39 is 11.6 Å². The summed E-state index contributed by atoms with van der Waals surface area (Å²) >= 11 is 4.22. The van der Waals surface area contributed by atoms with Crippen LogP contribution in [0, 0.1) is 0 Å². The molecule has 1 aliphatic heterocycles. The van der Waals surface area contributed by atoms with Crippen LogP contribution in [-0.4, -0.2) is 65.2 Å². The molecule has 31 heavy (non-hydrogen) atoms. The number of aliphatic hydroxyl groups is 2. The average Bonchev–Trinajstić information content (AvgIpc) is 2.76. The van der Waals surface area contributed by atoms with E-state index in [-0.39, 0.29) is 19.2 Å². The molecule has 1 aromatic heterocycles. The van der Waals surface area contributed by atoms with Gasteiger partial charge < -0.3 is 25.2 Å².